The molecule has 3 rings (SSSR count). The van der Waals surface area contributed by atoms with Crippen molar-refractivity contribution >= 4 is 16.6 Å². The van der Waals surface area contributed by atoms with E-state index in [1.807, 2.05) is 42.5 Å². The zero-order chi connectivity index (χ0) is 16.9. The highest BCUT2D eigenvalue weighted by atomic mass is 14.9. The minimum absolute atomic E-state index is 0.0923. The van der Waals surface area contributed by atoms with Crippen molar-refractivity contribution < 1.29 is 0 Å². The Morgan fingerprint density at radius 3 is 2.50 bits per heavy atom. The Morgan fingerprint density at radius 2 is 1.83 bits per heavy atom. The summed E-state index contributed by atoms with van der Waals surface area (Å²) in [5.41, 5.74) is 3.51. The van der Waals surface area contributed by atoms with Gasteiger partial charge in [-0.25, -0.2) is 4.98 Å². The maximum atomic E-state index is 9.62. The molecule has 0 fully saturated rings. The lowest BCUT2D eigenvalue weighted by Crippen LogP contribution is -2.12. The van der Waals surface area contributed by atoms with Crippen molar-refractivity contribution in [3.8, 4) is 18.4 Å². The number of pyridine rings is 1. The number of hydrogen-bond acceptors (Lipinski definition) is 3. The quantitative estimate of drug-likeness (QED) is 0.713. The van der Waals surface area contributed by atoms with Gasteiger partial charge in [0.05, 0.1) is 17.2 Å². The summed E-state index contributed by atoms with van der Waals surface area (Å²) >= 11 is 0. The highest BCUT2D eigenvalue weighted by Crippen LogP contribution is 2.32. The van der Waals surface area contributed by atoms with E-state index in [2.05, 4.69) is 41.3 Å². The van der Waals surface area contributed by atoms with E-state index >= 15 is 0 Å². The highest BCUT2D eigenvalue weighted by molar-refractivity contribution is 5.95. The Kier molecular flexibility index (Phi) is 4.45. The number of aromatic nitrogens is 1. The van der Waals surface area contributed by atoms with Gasteiger partial charge in [-0.05, 0) is 24.0 Å². The minimum Gasteiger partial charge on any atom is -0.377 e. The van der Waals surface area contributed by atoms with E-state index < -0.39 is 0 Å². The summed E-state index contributed by atoms with van der Waals surface area (Å²) < 4.78 is 0. The summed E-state index contributed by atoms with van der Waals surface area (Å²) in [5.74, 6) is 2.54. The Labute approximate surface area is 142 Å². The summed E-state index contributed by atoms with van der Waals surface area (Å²) in [6, 6.07) is 20.2. The highest BCUT2D eigenvalue weighted by Gasteiger charge is 2.17. The van der Waals surface area contributed by atoms with Gasteiger partial charge in [-0.15, -0.1) is 6.42 Å². The van der Waals surface area contributed by atoms with Crippen LogP contribution in [0.2, 0.25) is 0 Å². The van der Waals surface area contributed by atoms with Gasteiger partial charge < -0.3 is 5.32 Å². The number of benzene rings is 2. The number of fused-ring (bicyclic) bond motifs is 1. The van der Waals surface area contributed by atoms with Crippen molar-refractivity contribution in [2.24, 2.45) is 0 Å². The number of terminal acetylenes is 1. The summed E-state index contributed by atoms with van der Waals surface area (Å²) in [6.07, 6.45) is 6.46. The van der Waals surface area contributed by atoms with Crippen molar-refractivity contribution in [3.05, 3.63) is 71.4 Å². The first-order valence-electron chi connectivity index (χ1n) is 7.89. The largest absolute Gasteiger partial charge is 0.377 e. The number of nitrogens with one attached hydrogen (secondary N) is 1. The van der Waals surface area contributed by atoms with Crippen LogP contribution in [0.15, 0.2) is 54.6 Å². The van der Waals surface area contributed by atoms with Crippen LogP contribution in [0.3, 0.4) is 0 Å². The molecule has 1 atom stereocenters. The molecule has 0 saturated heterocycles. The lowest BCUT2D eigenvalue weighted by molar-refractivity contribution is 0.750. The molecule has 0 spiro atoms. The predicted molar refractivity (Wildman–Crippen MR) is 97.5 cm³/mol. The summed E-state index contributed by atoms with van der Waals surface area (Å²) in [6.45, 7) is 2.11. The number of para-hydroxylation sites is 1. The van der Waals surface area contributed by atoms with E-state index in [-0.39, 0.29) is 6.04 Å². The Balaban J connectivity index is 2.17. The molecule has 3 nitrogen and oxygen atoms in total. The molecule has 1 heterocycles. The van der Waals surface area contributed by atoms with Gasteiger partial charge in [-0.1, -0.05) is 55.5 Å². The second-order valence-corrected chi connectivity index (χ2v) is 5.50. The SMILES string of the molecule is C#Cc1nc2ccccc2c(N[C@H](CC)c2ccccc2)c1C#N. The zero-order valence-corrected chi connectivity index (χ0v) is 13.5. The molecule has 0 radical (unpaired) electrons. The molecule has 0 aliphatic carbocycles. The van der Waals surface area contributed by atoms with Gasteiger partial charge in [-0.3, -0.25) is 0 Å². The molecule has 1 N–H and O–H groups in total. The van der Waals surface area contributed by atoms with Crippen molar-refractivity contribution in [1.82, 2.24) is 4.98 Å². The Hall–Kier alpha value is -3.30. The van der Waals surface area contributed by atoms with Gasteiger partial charge in [0.15, 0.2) is 0 Å². The van der Waals surface area contributed by atoms with Crippen LogP contribution in [0.4, 0.5) is 5.69 Å². The minimum atomic E-state index is 0.0923. The van der Waals surface area contributed by atoms with Gasteiger partial charge >= 0.3 is 0 Å². The third-order valence-electron chi connectivity index (χ3n) is 4.07. The van der Waals surface area contributed by atoms with Crippen molar-refractivity contribution in [2.75, 3.05) is 5.32 Å². The van der Waals surface area contributed by atoms with Gasteiger partial charge in [0.2, 0.25) is 0 Å². The third-order valence-corrected chi connectivity index (χ3v) is 4.07. The van der Waals surface area contributed by atoms with Crippen LogP contribution in [0.25, 0.3) is 10.9 Å². The normalized spacial score (nSPS) is 11.5. The molecule has 3 heteroatoms. The first kappa shape index (κ1) is 15.6. The van der Waals surface area contributed by atoms with Crippen molar-refractivity contribution in [1.29, 1.82) is 5.26 Å². The summed E-state index contributed by atoms with van der Waals surface area (Å²) in [4.78, 5) is 4.43. The zero-order valence-electron chi connectivity index (χ0n) is 13.5. The fraction of sp³-hybridized carbons (Fsp3) is 0.143. The molecular weight excluding hydrogens is 294 g/mol. The van der Waals surface area contributed by atoms with Crippen LogP contribution in [0.5, 0.6) is 0 Å². The number of nitrogens with zero attached hydrogens (tertiary/aromatic N) is 2. The molecule has 116 valence electrons. The fourth-order valence-corrected chi connectivity index (χ4v) is 2.86. The molecule has 24 heavy (non-hydrogen) atoms. The van der Waals surface area contributed by atoms with E-state index in [4.69, 9.17) is 6.42 Å². The molecule has 0 aliphatic heterocycles. The second kappa shape index (κ2) is 6.86. The van der Waals surface area contributed by atoms with Crippen molar-refractivity contribution in [3.63, 3.8) is 0 Å². The van der Waals surface area contributed by atoms with Gasteiger partial charge in [0.1, 0.15) is 17.3 Å². The summed E-state index contributed by atoms with van der Waals surface area (Å²) in [7, 11) is 0. The predicted octanol–water partition coefficient (Wildman–Crippen LogP) is 4.65. The van der Waals surface area contributed by atoms with Crippen LogP contribution in [0.1, 0.15) is 36.2 Å². The summed E-state index contributed by atoms with van der Waals surface area (Å²) in [5, 5.41) is 14.0. The first-order valence-corrected chi connectivity index (χ1v) is 7.89. The number of nitriles is 1. The maximum Gasteiger partial charge on any atom is 0.133 e. The molecule has 0 amide bonds. The second-order valence-electron chi connectivity index (χ2n) is 5.50. The van der Waals surface area contributed by atoms with Crippen LogP contribution >= 0.6 is 0 Å². The fourth-order valence-electron chi connectivity index (χ4n) is 2.86. The van der Waals surface area contributed by atoms with Crippen LogP contribution in [0, 0.1) is 23.7 Å². The van der Waals surface area contributed by atoms with E-state index in [0.717, 1.165) is 23.0 Å². The standard InChI is InChI=1S/C21H17N3/c1-3-18(15-10-6-5-7-11-15)24-21-16-12-8-9-13-20(16)23-19(4-2)17(21)14-22/h2,5-13,18H,3H2,1H3,(H,23,24)/t18-/m1/s1. The smallest absolute Gasteiger partial charge is 0.133 e. The monoisotopic (exact) mass is 311 g/mol. The number of anilines is 1. The average Bonchev–Trinajstić information content (AvgIpc) is 2.65. The third kappa shape index (κ3) is 2.81. The van der Waals surface area contributed by atoms with Gasteiger partial charge in [0.25, 0.3) is 0 Å². The average molecular weight is 311 g/mol. The van der Waals surface area contributed by atoms with E-state index in [1.54, 1.807) is 0 Å². The Morgan fingerprint density at radius 1 is 1.12 bits per heavy atom. The molecule has 3 aromatic rings. The first-order chi connectivity index (χ1) is 11.8. The molecule has 0 saturated carbocycles. The number of rotatable bonds is 4. The lowest BCUT2D eigenvalue weighted by Gasteiger charge is -2.21. The number of hydrogen-bond donors (Lipinski definition) is 1. The topological polar surface area (TPSA) is 48.7 Å². The molecule has 2 aromatic carbocycles. The van der Waals surface area contributed by atoms with Crippen LogP contribution in [-0.4, -0.2) is 4.98 Å². The van der Waals surface area contributed by atoms with Crippen LogP contribution < -0.4 is 5.32 Å². The molecule has 1 aromatic heterocycles. The molecule has 0 unspecified atom stereocenters. The Bertz CT molecular complexity index is 946. The molecular formula is C21H17N3. The lowest BCUT2D eigenvalue weighted by atomic mass is 10.0. The van der Waals surface area contributed by atoms with E-state index in [9.17, 15) is 5.26 Å². The van der Waals surface area contributed by atoms with Crippen molar-refractivity contribution in [2.45, 2.75) is 19.4 Å². The van der Waals surface area contributed by atoms with Gasteiger partial charge in [-0.2, -0.15) is 5.26 Å². The van der Waals surface area contributed by atoms with Gasteiger partial charge in [0, 0.05) is 5.39 Å². The maximum absolute atomic E-state index is 9.62. The van der Waals surface area contributed by atoms with E-state index in [1.165, 1.54) is 5.56 Å². The van der Waals surface area contributed by atoms with Crippen LogP contribution in [-0.2, 0) is 0 Å². The van der Waals surface area contributed by atoms with E-state index in [0.29, 0.717) is 11.3 Å². The molecule has 0 aliphatic rings. The molecule has 0 bridgehead atoms.